The number of sulfonamides is 1. The maximum absolute atomic E-state index is 11.2. The minimum atomic E-state index is -3.67. The molecule has 2 aromatic rings. The van der Waals surface area contributed by atoms with Crippen molar-refractivity contribution in [2.45, 2.75) is 11.8 Å². The van der Waals surface area contributed by atoms with Crippen molar-refractivity contribution in [3.8, 4) is 5.75 Å². The van der Waals surface area contributed by atoms with Gasteiger partial charge < -0.3 is 4.74 Å². The quantitative estimate of drug-likeness (QED) is 0.855. The Labute approximate surface area is 136 Å². The molecule has 0 spiro atoms. The Balaban J connectivity index is 2.11. The van der Waals surface area contributed by atoms with Crippen LogP contribution < -0.4 is 9.88 Å². The van der Waals surface area contributed by atoms with Crippen LogP contribution in [0, 0.1) is 0 Å². The molecule has 2 rings (SSSR count). The first kappa shape index (κ1) is 16.9. The molecule has 0 unspecified atom stereocenters. The van der Waals surface area contributed by atoms with Gasteiger partial charge in [-0.15, -0.1) is 0 Å². The first-order valence-electron chi connectivity index (χ1n) is 6.89. The van der Waals surface area contributed by atoms with Crippen molar-refractivity contribution >= 4 is 27.5 Å². The second kappa shape index (κ2) is 7.21. The van der Waals surface area contributed by atoms with Crippen molar-refractivity contribution in [2.24, 2.45) is 10.1 Å². The van der Waals surface area contributed by atoms with E-state index in [2.05, 4.69) is 4.99 Å². The number of methoxy groups -OCH3 is 1. The molecule has 0 heterocycles. The van der Waals surface area contributed by atoms with Crippen molar-refractivity contribution in [1.29, 1.82) is 0 Å². The summed E-state index contributed by atoms with van der Waals surface area (Å²) in [5, 5.41) is 5.06. The van der Waals surface area contributed by atoms with Crippen LogP contribution in [0.5, 0.6) is 5.75 Å². The maximum Gasteiger partial charge on any atom is 0.238 e. The molecule has 2 aromatic carbocycles. The number of allylic oxidation sites excluding steroid dienone is 1. The standard InChI is InChI=1S/C17H18N2O3S/c1-13(3-4-14-5-9-16(22-2)10-6-14)19-15-7-11-17(12-8-15)23(18,20)21/h3-12H,1-2H3,(H2,18,20,21)/b4-3+,19-13?. The summed E-state index contributed by atoms with van der Waals surface area (Å²) >= 11 is 0. The van der Waals surface area contributed by atoms with Crippen LogP contribution in [-0.2, 0) is 10.0 Å². The molecule has 0 saturated heterocycles. The van der Waals surface area contributed by atoms with Crippen LogP contribution in [-0.4, -0.2) is 21.2 Å². The lowest BCUT2D eigenvalue weighted by Gasteiger charge is -2.00. The Kier molecular flexibility index (Phi) is 5.31. The van der Waals surface area contributed by atoms with Gasteiger partial charge in [0.25, 0.3) is 0 Å². The topological polar surface area (TPSA) is 81.8 Å². The van der Waals surface area contributed by atoms with Crippen LogP contribution in [0.3, 0.4) is 0 Å². The lowest BCUT2D eigenvalue weighted by Crippen LogP contribution is -2.11. The highest BCUT2D eigenvalue weighted by molar-refractivity contribution is 7.89. The Morgan fingerprint density at radius 1 is 1.09 bits per heavy atom. The smallest absolute Gasteiger partial charge is 0.238 e. The molecule has 6 heteroatoms. The van der Waals surface area contributed by atoms with E-state index in [1.165, 1.54) is 12.1 Å². The number of rotatable bonds is 5. The number of aliphatic imine (C=N–C) groups is 1. The molecule has 0 radical (unpaired) electrons. The zero-order valence-corrected chi connectivity index (χ0v) is 13.7. The van der Waals surface area contributed by atoms with Gasteiger partial charge in [0, 0.05) is 5.71 Å². The fraction of sp³-hybridized carbons (Fsp3) is 0.118. The van der Waals surface area contributed by atoms with Gasteiger partial charge in [0.05, 0.1) is 17.7 Å². The normalized spacial score (nSPS) is 12.6. The second-order valence-corrected chi connectivity index (χ2v) is 6.46. The van der Waals surface area contributed by atoms with E-state index < -0.39 is 10.0 Å². The fourth-order valence-electron chi connectivity index (χ4n) is 1.88. The van der Waals surface area contributed by atoms with Crippen LogP contribution >= 0.6 is 0 Å². The summed E-state index contributed by atoms with van der Waals surface area (Å²) < 4.78 is 27.5. The van der Waals surface area contributed by atoms with Gasteiger partial charge >= 0.3 is 0 Å². The number of nitrogens with zero attached hydrogens (tertiary/aromatic N) is 1. The van der Waals surface area contributed by atoms with Crippen LogP contribution in [0.15, 0.2) is 64.5 Å². The third-order valence-corrected chi connectivity index (χ3v) is 4.03. The first-order valence-corrected chi connectivity index (χ1v) is 8.43. The molecule has 2 N–H and O–H groups in total. The summed E-state index contributed by atoms with van der Waals surface area (Å²) in [6.07, 6.45) is 3.83. The number of hydrogen-bond acceptors (Lipinski definition) is 4. The highest BCUT2D eigenvalue weighted by atomic mass is 32.2. The Morgan fingerprint density at radius 3 is 2.22 bits per heavy atom. The average Bonchev–Trinajstić information content (AvgIpc) is 2.53. The van der Waals surface area contributed by atoms with Gasteiger partial charge in [0.2, 0.25) is 10.0 Å². The van der Waals surface area contributed by atoms with Gasteiger partial charge in [-0.25, -0.2) is 13.6 Å². The minimum Gasteiger partial charge on any atom is -0.497 e. The first-order chi connectivity index (χ1) is 10.9. The summed E-state index contributed by atoms with van der Waals surface area (Å²) in [5.41, 5.74) is 2.49. The number of primary sulfonamides is 1. The molecule has 120 valence electrons. The molecular weight excluding hydrogens is 312 g/mol. The van der Waals surface area contributed by atoms with E-state index in [-0.39, 0.29) is 4.90 Å². The van der Waals surface area contributed by atoms with Crippen molar-refractivity contribution < 1.29 is 13.2 Å². The molecule has 23 heavy (non-hydrogen) atoms. The highest BCUT2D eigenvalue weighted by Gasteiger charge is 2.06. The monoisotopic (exact) mass is 330 g/mol. The number of nitrogens with two attached hydrogens (primary N) is 1. The van der Waals surface area contributed by atoms with Crippen LogP contribution in [0.1, 0.15) is 12.5 Å². The van der Waals surface area contributed by atoms with E-state index in [1.807, 2.05) is 43.3 Å². The molecule has 0 atom stereocenters. The van der Waals surface area contributed by atoms with Gasteiger partial charge in [0.15, 0.2) is 0 Å². The summed E-state index contributed by atoms with van der Waals surface area (Å²) in [5.74, 6) is 0.808. The SMILES string of the molecule is COc1ccc(/C=C/C(C)=Nc2ccc(S(N)(=O)=O)cc2)cc1. The molecule has 0 aromatic heterocycles. The largest absolute Gasteiger partial charge is 0.497 e. The van der Waals surface area contributed by atoms with Crippen molar-refractivity contribution in [3.63, 3.8) is 0 Å². The van der Waals surface area contributed by atoms with Gasteiger partial charge in [-0.2, -0.15) is 0 Å². The zero-order valence-electron chi connectivity index (χ0n) is 12.9. The summed E-state index contributed by atoms with van der Waals surface area (Å²) in [6.45, 7) is 1.87. The second-order valence-electron chi connectivity index (χ2n) is 4.90. The molecule has 0 fully saturated rings. The predicted molar refractivity (Wildman–Crippen MR) is 92.6 cm³/mol. The molecule has 0 amide bonds. The maximum atomic E-state index is 11.2. The van der Waals surface area contributed by atoms with Crippen LogP contribution in [0.2, 0.25) is 0 Å². The van der Waals surface area contributed by atoms with Crippen LogP contribution in [0.25, 0.3) is 6.08 Å². The lowest BCUT2D eigenvalue weighted by molar-refractivity contribution is 0.415. The number of ether oxygens (including phenoxy) is 1. The van der Waals surface area contributed by atoms with Crippen molar-refractivity contribution in [2.75, 3.05) is 7.11 Å². The van der Waals surface area contributed by atoms with Crippen molar-refractivity contribution in [3.05, 3.63) is 60.2 Å². The Morgan fingerprint density at radius 2 is 1.70 bits per heavy atom. The average molecular weight is 330 g/mol. The lowest BCUT2D eigenvalue weighted by atomic mass is 10.2. The predicted octanol–water partition coefficient (Wildman–Crippen LogP) is 3.15. The van der Waals surface area contributed by atoms with E-state index in [4.69, 9.17) is 9.88 Å². The molecule has 0 bridgehead atoms. The zero-order chi connectivity index (χ0) is 16.9. The van der Waals surface area contributed by atoms with E-state index in [9.17, 15) is 8.42 Å². The molecule has 0 aliphatic heterocycles. The van der Waals surface area contributed by atoms with E-state index >= 15 is 0 Å². The third-order valence-electron chi connectivity index (χ3n) is 3.10. The van der Waals surface area contributed by atoms with Crippen LogP contribution in [0.4, 0.5) is 5.69 Å². The molecule has 5 nitrogen and oxygen atoms in total. The van der Waals surface area contributed by atoms with E-state index in [1.54, 1.807) is 19.2 Å². The molecule has 0 aliphatic carbocycles. The molecular formula is C17H18N2O3S. The summed E-state index contributed by atoms with van der Waals surface area (Å²) in [6, 6.07) is 13.8. The van der Waals surface area contributed by atoms with Gasteiger partial charge in [-0.3, -0.25) is 4.99 Å². The summed E-state index contributed by atoms with van der Waals surface area (Å²) in [7, 11) is -2.04. The van der Waals surface area contributed by atoms with Gasteiger partial charge in [-0.05, 0) is 55.0 Å². The number of benzene rings is 2. The number of hydrogen-bond donors (Lipinski definition) is 1. The Hall–Kier alpha value is -2.44. The van der Waals surface area contributed by atoms with Gasteiger partial charge in [0.1, 0.15) is 5.75 Å². The fourth-order valence-corrected chi connectivity index (χ4v) is 2.40. The minimum absolute atomic E-state index is 0.0721. The Bertz CT molecular complexity index is 821. The van der Waals surface area contributed by atoms with E-state index in [0.717, 1.165) is 17.0 Å². The van der Waals surface area contributed by atoms with Crippen molar-refractivity contribution in [1.82, 2.24) is 0 Å². The third kappa shape index (κ3) is 5.05. The van der Waals surface area contributed by atoms with Gasteiger partial charge in [-0.1, -0.05) is 18.2 Å². The molecule has 0 saturated carbocycles. The highest BCUT2D eigenvalue weighted by Crippen LogP contribution is 2.16. The summed E-state index contributed by atoms with van der Waals surface area (Å²) in [4.78, 5) is 4.47. The van der Waals surface area contributed by atoms with E-state index in [0.29, 0.717) is 5.69 Å². The molecule has 0 aliphatic rings.